The minimum Gasteiger partial charge on any atom is -0.467 e. The van der Waals surface area contributed by atoms with Gasteiger partial charge in [-0.05, 0) is 49.6 Å². The van der Waals surface area contributed by atoms with E-state index in [2.05, 4.69) is 0 Å². The van der Waals surface area contributed by atoms with Crippen LogP contribution in [0.15, 0.2) is 41.0 Å². The average Bonchev–Trinajstić information content (AvgIpc) is 3.20. The highest BCUT2D eigenvalue weighted by Gasteiger charge is 2.31. The molecule has 23 heavy (non-hydrogen) atoms. The number of aryl methyl sites for hydroxylation is 1. The first-order valence-corrected chi connectivity index (χ1v) is 8.22. The molecule has 3 rings (SSSR count). The molecule has 2 aromatic rings. The minimum absolute atomic E-state index is 0.0164. The van der Waals surface area contributed by atoms with Gasteiger partial charge in [-0.15, -0.1) is 0 Å². The van der Waals surface area contributed by atoms with Crippen molar-refractivity contribution in [3.8, 4) is 0 Å². The van der Waals surface area contributed by atoms with Crippen molar-refractivity contribution in [2.24, 2.45) is 0 Å². The van der Waals surface area contributed by atoms with Gasteiger partial charge in [-0.3, -0.25) is 4.79 Å². The molecule has 2 atom stereocenters. The summed E-state index contributed by atoms with van der Waals surface area (Å²) in [6, 6.07) is 8.91. The highest BCUT2D eigenvalue weighted by molar-refractivity contribution is 6.31. The standard InChI is InChI=1S/C18H20ClNO3/c1-12-6-7-13(10-15(12)19)18(22)20-8-2-4-14(20)11-16(21)17-5-3-9-23-17/h3,5-7,9-10,14,16,21H,2,4,8,11H2,1H3. The van der Waals surface area contributed by atoms with Gasteiger partial charge in [0.05, 0.1) is 6.26 Å². The Morgan fingerprint density at radius 1 is 1.48 bits per heavy atom. The van der Waals surface area contributed by atoms with Crippen LogP contribution in [0.1, 0.15) is 47.0 Å². The van der Waals surface area contributed by atoms with Gasteiger partial charge in [0.1, 0.15) is 11.9 Å². The van der Waals surface area contributed by atoms with Gasteiger partial charge in [-0.1, -0.05) is 17.7 Å². The molecule has 0 radical (unpaired) electrons. The van der Waals surface area contributed by atoms with Crippen LogP contribution >= 0.6 is 11.6 Å². The van der Waals surface area contributed by atoms with Gasteiger partial charge in [0.25, 0.3) is 5.91 Å². The molecule has 4 nitrogen and oxygen atoms in total. The van der Waals surface area contributed by atoms with E-state index in [1.54, 1.807) is 24.5 Å². The lowest BCUT2D eigenvalue weighted by molar-refractivity contribution is 0.0641. The van der Waals surface area contributed by atoms with Crippen molar-refractivity contribution in [2.45, 2.75) is 38.3 Å². The number of aliphatic hydroxyl groups excluding tert-OH is 1. The van der Waals surface area contributed by atoms with Crippen molar-refractivity contribution < 1.29 is 14.3 Å². The molecule has 0 aliphatic carbocycles. The molecule has 2 heterocycles. The number of halogens is 1. The van der Waals surface area contributed by atoms with Crippen molar-refractivity contribution in [3.05, 3.63) is 58.5 Å². The van der Waals surface area contributed by atoms with Gasteiger partial charge < -0.3 is 14.4 Å². The van der Waals surface area contributed by atoms with Crippen molar-refractivity contribution in [3.63, 3.8) is 0 Å². The van der Waals surface area contributed by atoms with Crippen LogP contribution in [0, 0.1) is 6.92 Å². The van der Waals surface area contributed by atoms with E-state index < -0.39 is 6.10 Å². The van der Waals surface area contributed by atoms with Crippen LogP contribution in [0.2, 0.25) is 5.02 Å². The number of carbonyl (C=O) groups is 1. The van der Waals surface area contributed by atoms with Gasteiger partial charge in [-0.25, -0.2) is 0 Å². The topological polar surface area (TPSA) is 53.7 Å². The third-order valence-corrected chi connectivity index (χ3v) is 4.83. The molecule has 0 bridgehead atoms. The molecule has 0 saturated carbocycles. The quantitative estimate of drug-likeness (QED) is 0.921. The monoisotopic (exact) mass is 333 g/mol. The van der Waals surface area contributed by atoms with Crippen LogP contribution in [0.25, 0.3) is 0 Å². The van der Waals surface area contributed by atoms with Crippen LogP contribution in [0.3, 0.4) is 0 Å². The summed E-state index contributed by atoms with van der Waals surface area (Å²) in [7, 11) is 0. The molecule has 1 fully saturated rings. The minimum atomic E-state index is -0.690. The summed E-state index contributed by atoms with van der Waals surface area (Å²) >= 11 is 6.13. The fraction of sp³-hybridized carbons (Fsp3) is 0.389. The van der Waals surface area contributed by atoms with Gasteiger partial charge in [0, 0.05) is 29.6 Å². The predicted molar refractivity (Wildman–Crippen MR) is 88.5 cm³/mol. The molecule has 1 aromatic carbocycles. The Labute approximate surface area is 140 Å². The predicted octanol–water partition coefficient (Wildman–Crippen LogP) is 3.97. The Morgan fingerprint density at radius 2 is 2.30 bits per heavy atom. The zero-order valence-electron chi connectivity index (χ0n) is 13.0. The maximum absolute atomic E-state index is 12.8. The molecule has 1 saturated heterocycles. The third kappa shape index (κ3) is 3.43. The Bertz CT molecular complexity index is 684. The van der Waals surface area contributed by atoms with E-state index in [1.807, 2.05) is 24.0 Å². The summed E-state index contributed by atoms with van der Waals surface area (Å²) in [6.07, 6.45) is 3.18. The molecule has 5 heteroatoms. The number of hydrogen-bond donors (Lipinski definition) is 1. The van der Waals surface area contributed by atoms with Crippen molar-refractivity contribution in [1.29, 1.82) is 0 Å². The Balaban J connectivity index is 1.73. The maximum atomic E-state index is 12.8. The third-order valence-electron chi connectivity index (χ3n) is 4.42. The van der Waals surface area contributed by atoms with Gasteiger partial charge >= 0.3 is 0 Å². The second-order valence-electron chi connectivity index (χ2n) is 6.03. The molecule has 1 N–H and O–H groups in total. The van der Waals surface area contributed by atoms with Crippen LogP contribution in [0.4, 0.5) is 0 Å². The Kier molecular flexibility index (Phi) is 4.74. The first kappa shape index (κ1) is 16.1. The molecule has 1 aliphatic rings. The lowest BCUT2D eigenvalue weighted by Crippen LogP contribution is -2.36. The summed E-state index contributed by atoms with van der Waals surface area (Å²) in [5.41, 5.74) is 1.55. The first-order valence-electron chi connectivity index (χ1n) is 7.85. The van der Waals surface area contributed by atoms with Crippen molar-refractivity contribution >= 4 is 17.5 Å². The molecular formula is C18H20ClNO3. The lowest BCUT2D eigenvalue weighted by Gasteiger charge is -2.26. The van der Waals surface area contributed by atoms with Crippen molar-refractivity contribution in [2.75, 3.05) is 6.54 Å². The number of aliphatic hydroxyl groups is 1. The van der Waals surface area contributed by atoms with Gasteiger partial charge in [-0.2, -0.15) is 0 Å². The number of benzene rings is 1. The maximum Gasteiger partial charge on any atom is 0.254 e. The highest BCUT2D eigenvalue weighted by Crippen LogP contribution is 2.29. The summed E-state index contributed by atoms with van der Waals surface area (Å²) in [4.78, 5) is 14.6. The Hall–Kier alpha value is -1.78. The summed E-state index contributed by atoms with van der Waals surface area (Å²) < 4.78 is 5.24. The second kappa shape index (κ2) is 6.77. The lowest BCUT2D eigenvalue weighted by atomic mass is 10.0. The first-order chi connectivity index (χ1) is 11.1. The SMILES string of the molecule is Cc1ccc(C(=O)N2CCCC2CC(O)c2ccco2)cc1Cl. The van der Waals surface area contributed by atoms with Crippen LogP contribution < -0.4 is 0 Å². The van der Waals surface area contributed by atoms with Crippen LogP contribution in [0.5, 0.6) is 0 Å². The molecule has 0 spiro atoms. The molecule has 2 unspecified atom stereocenters. The van der Waals surface area contributed by atoms with E-state index in [1.165, 1.54) is 0 Å². The van der Waals surface area contributed by atoms with Crippen LogP contribution in [-0.4, -0.2) is 28.5 Å². The number of carbonyl (C=O) groups excluding carboxylic acids is 1. The van der Waals surface area contributed by atoms with E-state index in [-0.39, 0.29) is 11.9 Å². The number of rotatable bonds is 4. The fourth-order valence-electron chi connectivity index (χ4n) is 3.09. The highest BCUT2D eigenvalue weighted by atomic mass is 35.5. The van der Waals surface area contributed by atoms with E-state index in [0.29, 0.717) is 29.3 Å². The summed E-state index contributed by atoms with van der Waals surface area (Å²) in [5.74, 6) is 0.517. The summed E-state index contributed by atoms with van der Waals surface area (Å²) in [5, 5.41) is 10.9. The van der Waals surface area contributed by atoms with E-state index in [4.69, 9.17) is 16.0 Å². The van der Waals surface area contributed by atoms with Gasteiger partial charge in [0.15, 0.2) is 0 Å². The zero-order chi connectivity index (χ0) is 16.4. The number of likely N-dealkylation sites (tertiary alicyclic amines) is 1. The second-order valence-corrected chi connectivity index (χ2v) is 6.43. The van der Waals surface area contributed by atoms with Crippen molar-refractivity contribution in [1.82, 2.24) is 4.90 Å². The average molecular weight is 334 g/mol. The van der Waals surface area contributed by atoms with E-state index in [0.717, 1.165) is 18.4 Å². The fourth-order valence-corrected chi connectivity index (χ4v) is 3.28. The zero-order valence-corrected chi connectivity index (χ0v) is 13.8. The van der Waals surface area contributed by atoms with Crippen LogP contribution in [-0.2, 0) is 0 Å². The Morgan fingerprint density at radius 3 is 3.00 bits per heavy atom. The number of furan rings is 1. The van der Waals surface area contributed by atoms with Gasteiger partial charge in [0.2, 0.25) is 0 Å². The van der Waals surface area contributed by atoms with E-state index >= 15 is 0 Å². The number of hydrogen-bond acceptors (Lipinski definition) is 3. The largest absolute Gasteiger partial charge is 0.467 e. The molecule has 122 valence electrons. The molecule has 1 aliphatic heterocycles. The molecular weight excluding hydrogens is 314 g/mol. The number of amides is 1. The number of nitrogens with zero attached hydrogens (tertiary/aromatic N) is 1. The summed E-state index contributed by atoms with van der Waals surface area (Å²) in [6.45, 7) is 2.62. The molecule has 1 amide bonds. The smallest absolute Gasteiger partial charge is 0.254 e. The van der Waals surface area contributed by atoms with E-state index in [9.17, 15) is 9.90 Å². The normalized spacial score (nSPS) is 19.1. The molecule has 1 aromatic heterocycles.